The van der Waals surface area contributed by atoms with E-state index in [0.29, 0.717) is 16.4 Å². The van der Waals surface area contributed by atoms with Crippen LogP contribution in [0.2, 0.25) is 5.15 Å². The van der Waals surface area contributed by atoms with Crippen LogP contribution in [-0.4, -0.2) is 15.9 Å². The molecule has 0 saturated carbocycles. The van der Waals surface area contributed by atoms with Gasteiger partial charge in [-0.1, -0.05) is 11.6 Å². The first-order valence-corrected chi connectivity index (χ1v) is 5.14. The maximum absolute atomic E-state index is 11.7. The van der Waals surface area contributed by atoms with Crippen LogP contribution in [0.1, 0.15) is 10.4 Å². The summed E-state index contributed by atoms with van der Waals surface area (Å²) in [6.45, 7) is 0. The lowest BCUT2D eigenvalue weighted by molar-refractivity contribution is 0.102. The Morgan fingerprint density at radius 3 is 2.71 bits per heavy atom. The molecule has 0 aromatic carbocycles. The molecule has 17 heavy (non-hydrogen) atoms. The summed E-state index contributed by atoms with van der Waals surface area (Å²) in [7, 11) is 0. The quantitative estimate of drug-likeness (QED) is 0.795. The van der Waals surface area contributed by atoms with E-state index in [-0.39, 0.29) is 11.5 Å². The van der Waals surface area contributed by atoms with Crippen molar-refractivity contribution in [2.45, 2.75) is 0 Å². The van der Waals surface area contributed by atoms with Crippen LogP contribution in [0.25, 0.3) is 0 Å². The molecule has 0 aliphatic rings. The first-order chi connectivity index (χ1) is 8.15. The van der Waals surface area contributed by atoms with Gasteiger partial charge in [0.1, 0.15) is 5.15 Å². The molecular formula is C11H8ClN3O2. The molecule has 0 aliphatic heterocycles. The zero-order valence-electron chi connectivity index (χ0n) is 8.61. The second-order valence-electron chi connectivity index (χ2n) is 3.27. The van der Waals surface area contributed by atoms with Crippen LogP contribution < -0.4 is 10.9 Å². The molecular weight excluding hydrogens is 242 g/mol. The molecule has 2 aromatic heterocycles. The summed E-state index contributed by atoms with van der Waals surface area (Å²) >= 11 is 5.62. The van der Waals surface area contributed by atoms with Gasteiger partial charge in [-0.15, -0.1) is 0 Å². The summed E-state index contributed by atoms with van der Waals surface area (Å²) in [6.07, 6.45) is 2.80. The van der Waals surface area contributed by atoms with E-state index < -0.39 is 0 Å². The molecule has 2 aromatic rings. The number of H-pyrrole nitrogens is 1. The van der Waals surface area contributed by atoms with Gasteiger partial charge < -0.3 is 10.3 Å². The Morgan fingerprint density at radius 2 is 2.12 bits per heavy atom. The fourth-order valence-corrected chi connectivity index (χ4v) is 1.32. The Bertz CT molecular complexity index is 572. The van der Waals surface area contributed by atoms with Crippen LogP contribution in [0.15, 0.2) is 41.5 Å². The zero-order chi connectivity index (χ0) is 12.3. The number of carbonyl (C=O) groups excluding carboxylic acids is 1. The largest absolute Gasteiger partial charge is 0.328 e. The summed E-state index contributed by atoms with van der Waals surface area (Å²) in [5, 5.41) is 2.98. The summed E-state index contributed by atoms with van der Waals surface area (Å²) < 4.78 is 0. The lowest BCUT2D eigenvalue weighted by Gasteiger charge is -2.04. The minimum absolute atomic E-state index is 0.255. The third-order valence-electron chi connectivity index (χ3n) is 2.03. The van der Waals surface area contributed by atoms with Gasteiger partial charge >= 0.3 is 0 Å². The molecule has 0 fully saturated rings. The average Bonchev–Trinajstić information content (AvgIpc) is 2.33. The zero-order valence-corrected chi connectivity index (χ0v) is 9.36. The standard InChI is InChI=1S/C11H8ClN3O2/c12-9-3-2-8(6-13-9)15-11(17)7-1-4-10(16)14-5-7/h1-6H,(H,14,16)(H,15,17). The van der Waals surface area contributed by atoms with Crippen LogP contribution in [0, 0.1) is 0 Å². The number of anilines is 1. The predicted octanol–water partition coefficient (Wildman–Crippen LogP) is 1.68. The van der Waals surface area contributed by atoms with Crippen molar-refractivity contribution in [1.82, 2.24) is 9.97 Å². The van der Waals surface area contributed by atoms with Gasteiger partial charge in [0.15, 0.2) is 0 Å². The molecule has 0 unspecified atom stereocenters. The molecule has 2 heterocycles. The number of halogens is 1. The van der Waals surface area contributed by atoms with Crippen LogP contribution in [-0.2, 0) is 0 Å². The summed E-state index contributed by atoms with van der Waals surface area (Å²) in [5.74, 6) is -0.328. The van der Waals surface area contributed by atoms with Gasteiger partial charge in [-0.25, -0.2) is 4.98 Å². The lowest BCUT2D eigenvalue weighted by Crippen LogP contribution is -2.14. The van der Waals surface area contributed by atoms with Gasteiger partial charge in [0, 0.05) is 12.3 Å². The van der Waals surface area contributed by atoms with Crippen LogP contribution >= 0.6 is 11.6 Å². The van der Waals surface area contributed by atoms with Crippen molar-refractivity contribution in [3.8, 4) is 0 Å². The van der Waals surface area contributed by atoms with Crippen molar-refractivity contribution >= 4 is 23.2 Å². The fraction of sp³-hybridized carbons (Fsp3) is 0. The van der Waals surface area contributed by atoms with E-state index in [2.05, 4.69) is 15.3 Å². The molecule has 86 valence electrons. The number of hydrogen-bond donors (Lipinski definition) is 2. The van der Waals surface area contributed by atoms with Gasteiger partial charge in [0.2, 0.25) is 5.56 Å². The van der Waals surface area contributed by atoms with E-state index in [9.17, 15) is 9.59 Å². The second kappa shape index (κ2) is 4.80. The molecule has 0 spiro atoms. The Labute approximate surface area is 101 Å². The second-order valence-corrected chi connectivity index (χ2v) is 3.65. The monoisotopic (exact) mass is 249 g/mol. The number of carbonyl (C=O) groups is 1. The van der Waals surface area contributed by atoms with E-state index in [1.807, 2.05) is 0 Å². The summed E-state index contributed by atoms with van der Waals surface area (Å²) in [4.78, 5) is 28.8. The van der Waals surface area contributed by atoms with Crippen molar-refractivity contribution in [1.29, 1.82) is 0 Å². The molecule has 0 saturated heterocycles. The Kier molecular flexibility index (Phi) is 3.20. The van der Waals surface area contributed by atoms with Crippen LogP contribution in [0.4, 0.5) is 5.69 Å². The molecule has 2 rings (SSSR count). The van der Waals surface area contributed by atoms with E-state index in [0.717, 1.165) is 0 Å². The Morgan fingerprint density at radius 1 is 1.29 bits per heavy atom. The smallest absolute Gasteiger partial charge is 0.257 e. The van der Waals surface area contributed by atoms with E-state index in [1.165, 1.54) is 24.5 Å². The van der Waals surface area contributed by atoms with Crippen LogP contribution in [0.5, 0.6) is 0 Å². The highest BCUT2D eigenvalue weighted by molar-refractivity contribution is 6.29. The molecule has 0 bridgehead atoms. The number of pyridine rings is 2. The van der Waals surface area contributed by atoms with Crippen molar-refractivity contribution in [2.24, 2.45) is 0 Å². The average molecular weight is 250 g/mol. The summed E-state index contributed by atoms with van der Waals surface area (Å²) in [6, 6.07) is 5.94. The maximum atomic E-state index is 11.7. The first kappa shape index (κ1) is 11.3. The Hall–Kier alpha value is -2.14. The first-order valence-electron chi connectivity index (χ1n) is 4.77. The topological polar surface area (TPSA) is 74.8 Å². The third-order valence-corrected chi connectivity index (χ3v) is 2.26. The number of nitrogens with one attached hydrogen (secondary N) is 2. The van der Waals surface area contributed by atoms with E-state index in [1.54, 1.807) is 12.1 Å². The van der Waals surface area contributed by atoms with Crippen molar-refractivity contribution in [3.05, 3.63) is 57.7 Å². The molecule has 0 aliphatic carbocycles. The SMILES string of the molecule is O=C(Nc1ccc(Cl)nc1)c1ccc(=O)[nH]c1. The minimum Gasteiger partial charge on any atom is -0.328 e. The number of aromatic amines is 1. The van der Waals surface area contributed by atoms with Gasteiger partial charge in [-0.05, 0) is 18.2 Å². The molecule has 2 N–H and O–H groups in total. The van der Waals surface area contributed by atoms with Gasteiger partial charge in [-0.2, -0.15) is 0 Å². The molecule has 0 atom stereocenters. The lowest BCUT2D eigenvalue weighted by atomic mass is 10.2. The molecule has 5 nitrogen and oxygen atoms in total. The third kappa shape index (κ3) is 2.92. The number of nitrogens with zero attached hydrogens (tertiary/aromatic N) is 1. The normalized spacial score (nSPS) is 9.94. The predicted molar refractivity (Wildman–Crippen MR) is 64.3 cm³/mol. The van der Waals surface area contributed by atoms with Crippen molar-refractivity contribution in [2.75, 3.05) is 5.32 Å². The fourth-order valence-electron chi connectivity index (χ4n) is 1.20. The number of hydrogen-bond acceptors (Lipinski definition) is 3. The molecule has 0 radical (unpaired) electrons. The van der Waals surface area contributed by atoms with Crippen LogP contribution in [0.3, 0.4) is 0 Å². The van der Waals surface area contributed by atoms with Gasteiger partial charge in [-0.3, -0.25) is 9.59 Å². The minimum atomic E-state index is -0.328. The van der Waals surface area contributed by atoms with E-state index >= 15 is 0 Å². The summed E-state index contributed by atoms with van der Waals surface area (Å²) in [5.41, 5.74) is 0.639. The highest BCUT2D eigenvalue weighted by atomic mass is 35.5. The maximum Gasteiger partial charge on any atom is 0.257 e. The number of rotatable bonds is 2. The van der Waals surface area contributed by atoms with Crippen molar-refractivity contribution in [3.63, 3.8) is 0 Å². The number of amides is 1. The molecule has 6 heteroatoms. The number of aromatic nitrogens is 2. The highest BCUT2D eigenvalue weighted by Crippen LogP contribution is 2.10. The highest BCUT2D eigenvalue weighted by Gasteiger charge is 2.05. The van der Waals surface area contributed by atoms with Gasteiger partial charge in [0.05, 0.1) is 17.4 Å². The van der Waals surface area contributed by atoms with Crippen molar-refractivity contribution < 1.29 is 4.79 Å². The molecule has 1 amide bonds. The van der Waals surface area contributed by atoms with E-state index in [4.69, 9.17) is 11.6 Å². The Balaban J connectivity index is 2.14. The van der Waals surface area contributed by atoms with Gasteiger partial charge in [0.25, 0.3) is 5.91 Å².